The van der Waals surface area contributed by atoms with Gasteiger partial charge < -0.3 is 19.7 Å². The summed E-state index contributed by atoms with van der Waals surface area (Å²) in [5, 5.41) is 2.73. The summed E-state index contributed by atoms with van der Waals surface area (Å²) in [5.74, 6) is -0.839. The van der Waals surface area contributed by atoms with Gasteiger partial charge in [-0.3, -0.25) is 9.59 Å². The highest BCUT2D eigenvalue weighted by Gasteiger charge is 2.33. The molecule has 2 aromatic rings. The Bertz CT molecular complexity index is 888. The zero-order chi connectivity index (χ0) is 22.8. The van der Waals surface area contributed by atoms with E-state index in [9.17, 15) is 14.4 Å². The van der Waals surface area contributed by atoms with Crippen LogP contribution in [0.4, 0.5) is 4.79 Å². The number of esters is 1. The number of hydrogen-bond acceptors (Lipinski definition) is 5. The van der Waals surface area contributed by atoms with E-state index < -0.39 is 12.1 Å². The van der Waals surface area contributed by atoms with Crippen LogP contribution in [0.1, 0.15) is 30.9 Å². The van der Waals surface area contributed by atoms with Gasteiger partial charge >= 0.3 is 12.1 Å². The molecule has 0 aromatic heterocycles. The first-order valence-electron chi connectivity index (χ1n) is 11.0. The second kappa shape index (κ2) is 11.9. The number of amides is 2. The molecule has 0 bridgehead atoms. The lowest BCUT2D eigenvalue weighted by molar-refractivity contribution is -0.151. The maximum atomic E-state index is 13.3. The molecule has 1 aliphatic heterocycles. The smallest absolute Gasteiger partial charge is 0.408 e. The van der Waals surface area contributed by atoms with Crippen molar-refractivity contribution in [1.82, 2.24) is 10.2 Å². The minimum Gasteiger partial charge on any atom is -0.466 e. The quantitative estimate of drug-likeness (QED) is 0.639. The van der Waals surface area contributed by atoms with Crippen LogP contribution in [-0.2, 0) is 32.1 Å². The molecule has 1 N–H and O–H groups in total. The van der Waals surface area contributed by atoms with Gasteiger partial charge in [-0.1, -0.05) is 60.7 Å². The average molecular weight is 439 g/mol. The SMILES string of the molecule is CCOC(=O)[C@@H]1CCCN(C(=O)[C@H](Cc2ccccc2)NC(=O)OCc2ccccc2)C1. The number of ether oxygens (including phenoxy) is 2. The molecule has 0 unspecified atom stereocenters. The molecule has 170 valence electrons. The van der Waals surface area contributed by atoms with Gasteiger partial charge in [0.2, 0.25) is 5.91 Å². The topological polar surface area (TPSA) is 84.9 Å². The van der Waals surface area contributed by atoms with Gasteiger partial charge in [-0.15, -0.1) is 0 Å². The van der Waals surface area contributed by atoms with E-state index in [0.29, 0.717) is 39.0 Å². The number of carbonyl (C=O) groups is 3. The fourth-order valence-electron chi connectivity index (χ4n) is 3.81. The van der Waals surface area contributed by atoms with E-state index in [0.717, 1.165) is 11.1 Å². The number of nitrogens with zero attached hydrogens (tertiary/aromatic N) is 1. The molecular formula is C25H30N2O5. The van der Waals surface area contributed by atoms with Gasteiger partial charge in [-0.05, 0) is 30.9 Å². The van der Waals surface area contributed by atoms with E-state index in [1.165, 1.54) is 0 Å². The maximum absolute atomic E-state index is 13.3. The van der Waals surface area contributed by atoms with Crippen LogP contribution in [0.15, 0.2) is 60.7 Å². The Hall–Kier alpha value is -3.35. The lowest BCUT2D eigenvalue weighted by Crippen LogP contribution is -2.53. The van der Waals surface area contributed by atoms with Crippen LogP contribution in [0.5, 0.6) is 0 Å². The molecule has 1 heterocycles. The first kappa shape index (κ1) is 23.3. The summed E-state index contributed by atoms with van der Waals surface area (Å²) in [6.45, 7) is 3.04. The van der Waals surface area contributed by atoms with Crippen molar-refractivity contribution in [3.63, 3.8) is 0 Å². The van der Waals surface area contributed by atoms with Gasteiger partial charge in [-0.25, -0.2) is 4.79 Å². The molecule has 0 saturated carbocycles. The number of alkyl carbamates (subject to hydrolysis) is 1. The number of hydrogen-bond donors (Lipinski definition) is 1. The number of likely N-dealkylation sites (tertiary alicyclic amines) is 1. The highest BCUT2D eigenvalue weighted by Crippen LogP contribution is 2.19. The maximum Gasteiger partial charge on any atom is 0.408 e. The molecule has 32 heavy (non-hydrogen) atoms. The summed E-state index contributed by atoms with van der Waals surface area (Å²) in [6.07, 6.45) is 1.09. The fraction of sp³-hybridized carbons (Fsp3) is 0.400. The van der Waals surface area contributed by atoms with Crippen molar-refractivity contribution in [3.8, 4) is 0 Å². The van der Waals surface area contributed by atoms with Crippen LogP contribution < -0.4 is 5.32 Å². The van der Waals surface area contributed by atoms with Crippen molar-refractivity contribution in [1.29, 1.82) is 0 Å². The van der Waals surface area contributed by atoms with Gasteiger partial charge in [0.15, 0.2) is 0 Å². The fourth-order valence-corrected chi connectivity index (χ4v) is 3.81. The highest BCUT2D eigenvalue weighted by molar-refractivity contribution is 5.86. The standard InChI is InChI=1S/C25H30N2O5/c1-2-31-24(29)21-14-9-15-27(17-21)23(28)22(16-19-10-5-3-6-11-19)26-25(30)32-18-20-12-7-4-8-13-20/h3-8,10-13,21-22H,2,9,14-18H2,1H3,(H,26,30)/t21-,22+/m1/s1. The van der Waals surface area contributed by atoms with Gasteiger partial charge in [0.1, 0.15) is 12.6 Å². The van der Waals surface area contributed by atoms with Crippen LogP contribution in [0.2, 0.25) is 0 Å². The molecule has 2 atom stereocenters. The average Bonchev–Trinajstić information content (AvgIpc) is 2.83. The number of nitrogens with one attached hydrogen (secondary N) is 1. The van der Waals surface area contributed by atoms with Crippen molar-refractivity contribution < 1.29 is 23.9 Å². The summed E-state index contributed by atoms with van der Waals surface area (Å²) in [5.41, 5.74) is 1.79. The highest BCUT2D eigenvalue weighted by atomic mass is 16.5. The minimum atomic E-state index is -0.790. The van der Waals surface area contributed by atoms with Crippen LogP contribution in [0.3, 0.4) is 0 Å². The van der Waals surface area contributed by atoms with E-state index in [1.54, 1.807) is 11.8 Å². The lowest BCUT2D eigenvalue weighted by Gasteiger charge is -2.34. The molecule has 1 saturated heterocycles. The Morgan fingerprint density at radius 2 is 1.66 bits per heavy atom. The third-order valence-electron chi connectivity index (χ3n) is 5.44. The zero-order valence-electron chi connectivity index (χ0n) is 18.4. The molecule has 7 heteroatoms. The Morgan fingerprint density at radius 1 is 1.00 bits per heavy atom. The monoisotopic (exact) mass is 438 g/mol. The van der Waals surface area contributed by atoms with E-state index in [1.807, 2.05) is 60.7 Å². The van der Waals surface area contributed by atoms with Crippen molar-refractivity contribution >= 4 is 18.0 Å². The summed E-state index contributed by atoms with van der Waals surface area (Å²) < 4.78 is 10.5. The molecular weight excluding hydrogens is 408 g/mol. The van der Waals surface area contributed by atoms with Crippen LogP contribution in [0.25, 0.3) is 0 Å². The molecule has 1 aliphatic rings. The second-order valence-electron chi connectivity index (χ2n) is 7.82. The summed E-state index contributed by atoms with van der Waals surface area (Å²) >= 11 is 0. The summed E-state index contributed by atoms with van der Waals surface area (Å²) in [7, 11) is 0. The van der Waals surface area contributed by atoms with Crippen molar-refractivity contribution in [2.45, 2.75) is 38.8 Å². The zero-order valence-corrected chi connectivity index (χ0v) is 18.4. The van der Waals surface area contributed by atoms with Gasteiger partial charge in [-0.2, -0.15) is 0 Å². The largest absolute Gasteiger partial charge is 0.466 e. The summed E-state index contributed by atoms with van der Waals surface area (Å²) in [6, 6.07) is 18.1. The van der Waals surface area contributed by atoms with Crippen molar-refractivity contribution in [3.05, 3.63) is 71.8 Å². The number of rotatable bonds is 8. The molecule has 7 nitrogen and oxygen atoms in total. The molecule has 0 radical (unpaired) electrons. The van der Waals surface area contributed by atoms with E-state index >= 15 is 0 Å². The Labute approximate surface area is 188 Å². The lowest BCUT2D eigenvalue weighted by atomic mass is 9.96. The van der Waals surface area contributed by atoms with Crippen LogP contribution in [0, 0.1) is 5.92 Å². The number of piperidine rings is 1. The number of carbonyl (C=O) groups excluding carboxylic acids is 3. The molecule has 2 aromatic carbocycles. The van der Waals surface area contributed by atoms with E-state index in [4.69, 9.17) is 9.47 Å². The number of benzene rings is 2. The Kier molecular flexibility index (Phi) is 8.66. The van der Waals surface area contributed by atoms with Gasteiger partial charge in [0.25, 0.3) is 0 Å². The second-order valence-corrected chi connectivity index (χ2v) is 7.82. The Morgan fingerprint density at radius 3 is 2.31 bits per heavy atom. The third kappa shape index (κ3) is 6.83. The van der Waals surface area contributed by atoms with Gasteiger partial charge in [0, 0.05) is 19.5 Å². The summed E-state index contributed by atoms with van der Waals surface area (Å²) in [4.78, 5) is 39.6. The first-order chi connectivity index (χ1) is 15.6. The van der Waals surface area contributed by atoms with E-state index in [-0.39, 0.29) is 24.4 Å². The molecule has 0 spiro atoms. The van der Waals surface area contributed by atoms with Crippen molar-refractivity contribution in [2.75, 3.05) is 19.7 Å². The normalized spacial score (nSPS) is 16.7. The predicted molar refractivity (Wildman–Crippen MR) is 120 cm³/mol. The van der Waals surface area contributed by atoms with Crippen molar-refractivity contribution in [2.24, 2.45) is 5.92 Å². The van der Waals surface area contributed by atoms with Crippen LogP contribution >= 0.6 is 0 Å². The third-order valence-corrected chi connectivity index (χ3v) is 5.44. The molecule has 3 rings (SSSR count). The molecule has 0 aliphatic carbocycles. The van der Waals surface area contributed by atoms with Gasteiger partial charge in [0.05, 0.1) is 12.5 Å². The Balaban J connectivity index is 1.66. The van der Waals surface area contributed by atoms with Crippen LogP contribution in [-0.4, -0.2) is 48.6 Å². The minimum absolute atomic E-state index is 0.119. The first-order valence-corrected chi connectivity index (χ1v) is 11.0. The molecule has 2 amide bonds. The predicted octanol–water partition coefficient (Wildman–Crippen LogP) is 3.33. The molecule has 1 fully saturated rings. The van der Waals surface area contributed by atoms with E-state index in [2.05, 4.69) is 5.32 Å².